The Labute approximate surface area is 135 Å². The number of amides is 1. The van der Waals surface area contributed by atoms with E-state index in [1.54, 1.807) is 6.20 Å². The van der Waals surface area contributed by atoms with Crippen LogP contribution in [0, 0.1) is 0 Å². The van der Waals surface area contributed by atoms with Crippen molar-refractivity contribution in [1.29, 1.82) is 0 Å². The van der Waals surface area contributed by atoms with E-state index in [4.69, 9.17) is 4.74 Å². The Kier molecular flexibility index (Phi) is 4.52. The summed E-state index contributed by atoms with van der Waals surface area (Å²) >= 11 is 0. The fourth-order valence-electron chi connectivity index (χ4n) is 2.45. The minimum atomic E-state index is -0.170. The largest absolute Gasteiger partial charge is 0.483 e. The third-order valence-electron chi connectivity index (χ3n) is 3.62. The van der Waals surface area contributed by atoms with E-state index in [1.807, 2.05) is 67.6 Å². The fourth-order valence-corrected chi connectivity index (χ4v) is 2.45. The van der Waals surface area contributed by atoms with Gasteiger partial charge < -0.3 is 10.1 Å². The number of hydrogen-bond acceptors (Lipinski definition) is 3. The summed E-state index contributed by atoms with van der Waals surface area (Å²) < 4.78 is 5.69. The first kappa shape index (κ1) is 15.0. The smallest absolute Gasteiger partial charge is 0.258 e. The van der Waals surface area contributed by atoms with Crippen LogP contribution >= 0.6 is 0 Å². The van der Waals surface area contributed by atoms with Crippen LogP contribution in [0.2, 0.25) is 0 Å². The van der Waals surface area contributed by atoms with E-state index in [9.17, 15) is 4.79 Å². The number of carbonyl (C=O) groups is 1. The predicted octanol–water partition coefficient (Wildman–Crippen LogP) is 3.49. The first-order valence-corrected chi connectivity index (χ1v) is 7.55. The number of aromatic nitrogens is 1. The Morgan fingerprint density at radius 3 is 2.70 bits per heavy atom. The Morgan fingerprint density at radius 1 is 1.09 bits per heavy atom. The summed E-state index contributed by atoms with van der Waals surface area (Å²) in [5, 5.41) is 4.98. The Hall–Kier alpha value is -2.88. The minimum absolute atomic E-state index is 0.0226. The standard InChI is InChI=1S/C19H18N2O2/c1-14(17-10-4-5-12-20-17)21-19(22)13-23-18-11-6-8-15-7-2-3-9-16(15)18/h2-12,14H,13H2,1H3,(H,21,22). The first-order valence-electron chi connectivity index (χ1n) is 7.55. The average molecular weight is 306 g/mol. The number of nitrogens with one attached hydrogen (secondary N) is 1. The lowest BCUT2D eigenvalue weighted by Gasteiger charge is -2.14. The Bertz CT molecular complexity index is 797. The predicted molar refractivity (Wildman–Crippen MR) is 90.2 cm³/mol. The molecule has 1 amide bonds. The molecule has 1 unspecified atom stereocenters. The zero-order valence-electron chi connectivity index (χ0n) is 12.9. The molecule has 0 aliphatic carbocycles. The van der Waals surface area contributed by atoms with E-state index in [-0.39, 0.29) is 18.6 Å². The van der Waals surface area contributed by atoms with Gasteiger partial charge in [0, 0.05) is 11.6 Å². The van der Waals surface area contributed by atoms with Gasteiger partial charge in [0.25, 0.3) is 5.91 Å². The highest BCUT2D eigenvalue weighted by Gasteiger charge is 2.11. The van der Waals surface area contributed by atoms with Crippen molar-refractivity contribution in [2.75, 3.05) is 6.61 Å². The summed E-state index contributed by atoms with van der Waals surface area (Å²) in [6.45, 7) is 1.88. The summed E-state index contributed by atoms with van der Waals surface area (Å²) in [6.07, 6.45) is 1.71. The van der Waals surface area contributed by atoms with Crippen molar-refractivity contribution in [3.8, 4) is 5.75 Å². The van der Waals surface area contributed by atoms with E-state index < -0.39 is 0 Å². The number of rotatable bonds is 5. The molecule has 23 heavy (non-hydrogen) atoms. The zero-order chi connectivity index (χ0) is 16.1. The van der Waals surface area contributed by atoms with Crippen molar-refractivity contribution < 1.29 is 9.53 Å². The van der Waals surface area contributed by atoms with Gasteiger partial charge in [-0.25, -0.2) is 0 Å². The van der Waals surface area contributed by atoms with Crippen LogP contribution in [-0.2, 0) is 4.79 Å². The van der Waals surface area contributed by atoms with Gasteiger partial charge in [0.1, 0.15) is 5.75 Å². The number of fused-ring (bicyclic) bond motifs is 1. The van der Waals surface area contributed by atoms with E-state index in [2.05, 4.69) is 10.3 Å². The lowest BCUT2D eigenvalue weighted by Crippen LogP contribution is -2.31. The molecule has 0 fully saturated rings. The number of ether oxygens (including phenoxy) is 1. The SMILES string of the molecule is CC(NC(=O)COc1cccc2ccccc12)c1ccccn1. The van der Waals surface area contributed by atoms with Crippen LogP contribution in [0.4, 0.5) is 0 Å². The molecule has 4 nitrogen and oxygen atoms in total. The van der Waals surface area contributed by atoms with Crippen molar-refractivity contribution in [3.63, 3.8) is 0 Å². The number of carbonyl (C=O) groups excluding carboxylic acids is 1. The van der Waals surface area contributed by atoms with Gasteiger partial charge in [0.15, 0.2) is 6.61 Å². The van der Waals surface area contributed by atoms with Crippen LogP contribution in [0.3, 0.4) is 0 Å². The number of benzene rings is 2. The van der Waals surface area contributed by atoms with Crippen LogP contribution in [-0.4, -0.2) is 17.5 Å². The third-order valence-corrected chi connectivity index (χ3v) is 3.62. The molecule has 0 saturated carbocycles. The maximum atomic E-state index is 12.1. The van der Waals surface area contributed by atoms with Crippen LogP contribution in [0.25, 0.3) is 10.8 Å². The van der Waals surface area contributed by atoms with Crippen LogP contribution < -0.4 is 10.1 Å². The fraction of sp³-hybridized carbons (Fsp3) is 0.158. The van der Waals surface area contributed by atoms with Gasteiger partial charge in [-0.2, -0.15) is 0 Å². The molecule has 3 aromatic rings. The second kappa shape index (κ2) is 6.92. The molecular formula is C19H18N2O2. The Morgan fingerprint density at radius 2 is 1.87 bits per heavy atom. The zero-order valence-corrected chi connectivity index (χ0v) is 12.9. The molecule has 1 heterocycles. The summed E-state index contributed by atoms with van der Waals surface area (Å²) in [5.41, 5.74) is 0.825. The van der Waals surface area contributed by atoms with E-state index >= 15 is 0 Å². The van der Waals surface area contributed by atoms with Gasteiger partial charge in [-0.05, 0) is 30.5 Å². The van der Waals surface area contributed by atoms with Gasteiger partial charge in [0.2, 0.25) is 0 Å². The quantitative estimate of drug-likeness (QED) is 0.785. The second-order valence-electron chi connectivity index (χ2n) is 5.31. The molecule has 0 aliphatic heterocycles. The number of hydrogen-bond donors (Lipinski definition) is 1. The molecule has 4 heteroatoms. The van der Waals surface area contributed by atoms with Gasteiger partial charge in [0.05, 0.1) is 11.7 Å². The highest BCUT2D eigenvalue weighted by molar-refractivity contribution is 5.88. The lowest BCUT2D eigenvalue weighted by molar-refractivity contribution is -0.123. The Balaban J connectivity index is 1.62. The third kappa shape index (κ3) is 3.66. The molecule has 1 atom stereocenters. The van der Waals surface area contributed by atoms with E-state index in [0.717, 1.165) is 16.5 Å². The monoisotopic (exact) mass is 306 g/mol. The molecular weight excluding hydrogens is 288 g/mol. The van der Waals surface area contributed by atoms with Crippen molar-refractivity contribution in [3.05, 3.63) is 72.6 Å². The summed E-state index contributed by atoms with van der Waals surface area (Å²) in [4.78, 5) is 16.3. The maximum Gasteiger partial charge on any atom is 0.258 e. The van der Waals surface area contributed by atoms with E-state index in [1.165, 1.54) is 0 Å². The van der Waals surface area contributed by atoms with Crippen LogP contribution in [0.5, 0.6) is 5.75 Å². The summed E-state index contributed by atoms with van der Waals surface area (Å²) in [5.74, 6) is 0.542. The van der Waals surface area contributed by atoms with Gasteiger partial charge in [-0.3, -0.25) is 9.78 Å². The van der Waals surface area contributed by atoms with Crippen LogP contribution in [0.15, 0.2) is 66.9 Å². The van der Waals surface area contributed by atoms with Crippen molar-refractivity contribution in [2.24, 2.45) is 0 Å². The highest BCUT2D eigenvalue weighted by atomic mass is 16.5. The highest BCUT2D eigenvalue weighted by Crippen LogP contribution is 2.25. The van der Waals surface area contributed by atoms with Crippen molar-refractivity contribution in [2.45, 2.75) is 13.0 Å². The molecule has 0 spiro atoms. The molecule has 2 aromatic carbocycles. The second-order valence-corrected chi connectivity index (χ2v) is 5.31. The van der Waals surface area contributed by atoms with Gasteiger partial charge in [-0.1, -0.05) is 42.5 Å². The topological polar surface area (TPSA) is 51.2 Å². The van der Waals surface area contributed by atoms with Crippen molar-refractivity contribution in [1.82, 2.24) is 10.3 Å². The number of nitrogens with zero attached hydrogens (tertiary/aromatic N) is 1. The first-order chi connectivity index (χ1) is 11.2. The minimum Gasteiger partial charge on any atom is -0.483 e. The van der Waals surface area contributed by atoms with Gasteiger partial charge in [-0.15, -0.1) is 0 Å². The van der Waals surface area contributed by atoms with Crippen molar-refractivity contribution >= 4 is 16.7 Å². The molecule has 0 radical (unpaired) electrons. The molecule has 0 aliphatic rings. The molecule has 3 rings (SSSR count). The molecule has 116 valence electrons. The normalized spacial score (nSPS) is 11.9. The van der Waals surface area contributed by atoms with Crippen LogP contribution in [0.1, 0.15) is 18.7 Å². The lowest BCUT2D eigenvalue weighted by atomic mass is 10.1. The summed E-state index contributed by atoms with van der Waals surface area (Å²) in [6, 6.07) is 19.2. The molecule has 1 N–H and O–H groups in total. The van der Waals surface area contributed by atoms with Gasteiger partial charge >= 0.3 is 0 Å². The van der Waals surface area contributed by atoms with E-state index in [0.29, 0.717) is 5.75 Å². The summed E-state index contributed by atoms with van der Waals surface area (Å²) in [7, 11) is 0. The average Bonchev–Trinajstić information content (AvgIpc) is 2.60. The molecule has 1 aromatic heterocycles. The molecule has 0 saturated heterocycles. The maximum absolute atomic E-state index is 12.1. The molecule has 0 bridgehead atoms. The number of pyridine rings is 1.